The zero-order valence-corrected chi connectivity index (χ0v) is 7.74. The number of aryl methyl sites for hydroxylation is 2. The van der Waals surface area contributed by atoms with Crippen molar-refractivity contribution in [3.8, 4) is 0 Å². The molecule has 0 saturated carbocycles. The molecule has 0 saturated heterocycles. The van der Waals surface area contributed by atoms with E-state index >= 15 is 0 Å². The van der Waals surface area contributed by atoms with E-state index in [4.69, 9.17) is 5.11 Å². The van der Waals surface area contributed by atoms with Crippen LogP contribution in [-0.2, 0) is 4.79 Å². The van der Waals surface area contributed by atoms with Gasteiger partial charge in [-0.1, -0.05) is 23.8 Å². The Kier molecular flexibility index (Phi) is 2.85. The third kappa shape index (κ3) is 2.75. The molecule has 1 rings (SSSR count). The molecule has 0 unspecified atom stereocenters. The first-order chi connectivity index (χ1) is 6.09. The molecule has 2 heteroatoms. The number of rotatable bonds is 2. The van der Waals surface area contributed by atoms with Crippen molar-refractivity contribution < 1.29 is 9.90 Å². The Morgan fingerprint density at radius 3 is 2.62 bits per heavy atom. The molecule has 1 aromatic carbocycles. The SMILES string of the molecule is Cc1ccc(C=CC(=O)O)c(C)c1. The largest absolute Gasteiger partial charge is 0.478 e. The van der Waals surface area contributed by atoms with E-state index in [1.54, 1.807) is 6.08 Å². The summed E-state index contributed by atoms with van der Waals surface area (Å²) in [5.41, 5.74) is 3.23. The van der Waals surface area contributed by atoms with Gasteiger partial charge in [-0.15, -0.1) is 0 Å². The number of hydrogen-bond donors (Lipinski definition) is 1. The zero-order chi connectivity index (χ0) is 9.84. The fraction of sp³-hybridized carbons (Fsp3) is 0.182. The molecule has 1 aromatic rings. The third-order valence-corrected chi connectivity index (χ3v) is 1.83. The van der Waals surface area contributed by atoms with Crippen LogP contribution in [0, 0.1) is 13.8 Å². The van der Waals surface area contributed by atoms with Gasteiger partial charge in [-0.2, -0.15) is 0 Å². The summed E-state index contributed by atoms with van der Waals surface area (Å²) >= 11 is 0. The average Bonchev–Trinajstić information content (AvgIpc) is 2.02. The van der Waals surface area contributed by atoms with Gasteiger partial charge in [-0.3, -0.25) is 0 Å². The minimum atomic E-state index is -0.917. The van der Waals surface area contributed by atoms with Gasteiger partial charge in [0, 0.05) is 6.08 Å². The second kappa shape index (κ2) is 3.90. The molecule has 0 radical (unpaired) electrons. The molecular formula is C11H12O2. The number of carboxylic acids is 1. The molecule has 2 nitrogen and oxygen atoms in total. The van der Waals surface area contributed by atoms with E-state index in [0.29, 0.717) is 0 Å². The summed E-state index contributed by atoms with van der Waals surface area (Å²) in [6.07, 6.45) is 2.76. The summed E-state index contributed by atoms with van der Waals surface area (Å²) in [4.78, 5) is 10.3. The lowest BCUT2D eigenvalue weighted by Crippen LogP contribution is -1.87. The number of carboxylic acid groups (broad SMARTS) is 1. The Balaban J connectivity index is 2.96. The van der Waals surface area contributed by atoms with Gasteiger partial charge in [0.15, 0.2) is 0 Å². The summed E-state index contributed by atoms with van der Waals surface area (Å²) in [5, 5.41) is 8.43. The molecule has 0 aliphatic carbocycles. The Labute approximate surface area is 77.5 Å². The minimum absolute atomic E-state index is 0.917. The molecule has 0 aliphatic rings. The molecule has 0 heterocycles. The van der Waals surface area contributed by atoms with Crippen molar-refractivity contribution in [1.82, 2.24) is 0 Å². The molecular weight excluding hydrogens is 164 g/mol. The molecule has 0 amide bonds. The van der Waals surface area contributed by atoms with E-state index < -0.39 is 5.97 Å². The number of hydrogen-bond acceptors (Lipinski definition) is 1. The number of aliphatic carboxylic acids is 1. The maximum atomic E-state index is 10.3. The van der Waals surface area contributed by atoms with Gasteiger partial charge in [0.05, 0.1) is 0 Å². The second-order valence-corrected chi connectivity index (χ2v) is 3.03. The minimum Gasteiger partial charge on any atom is -0.478 e. The van der Waals surface area contributed by atoms with Gasteiger partial charge < -0.3 is 5.11 Å². The fourth-order valence-corrected chi connectivity index (χ4v) is 1.17. The Bertz CT molecular complexity index is 351. The van der Waals surface area contributed by atoms with E-state index in [-0.39, 0.29) is 0 Å². The van der Waals surface area contributed by atoms with Crippen LogP contribution in [0.5, 0.6) is 0 Å². The van der Waals surface area contributed by atoms with Crippen LogP contribution in [0.2, 0.25) is 0 Å². The Morgan fingerprint density at radius 2 is 2.08 bits per heavy atom. The summed E-state index contributed by atoms with van der Waals surface area (Å²) in [6, 6.07) is 5.92. The second-order valence-electron chi connectivity index (χ2n) is 3.03. The number of benzene rings is 1. The Hall–Kier alpha value is -1.57. The molecule has 0 spiro atoms. The van der Waals surface area contributed by atoms with E-state index in [1.165, 1.54) is 5.56 Å². The first kappa shape index (κ1) is 9.52. The van der Waals surface area contributed by atoms with Crippen molar-refractivity contribution in [3.63, 3.8) is 0 Å². The van der Waals surface area contributed by atoms with Gasteiger partial charge in [-0.05, 0) is 31.1 Å². The first-order valence-corrected chi connectivity index (χ1v) is 4.08. The Morgan fingerprint density at radius 1 is 1.38 bits per heavy atom. The lowest BCUT2D eigenvalue weighted by atomic mass is 10.1. The monoisotopic (exact) mass is 176 g/mol. The summed E-state index contributed by atoms with van der Waals surface area (Å²) < 4.78 is 0. The quantitative estimate of drug-likeness (QED) is 0.702. The molecule has 0 fully saturated rings. The van der Waals surface area contributed by atoms with E-state index in [2.05, 4.69) is 0 Å². The van der Waals surface area contributed by atoms with Crippen LogP contribution in [0.25, 0.3) is 6.08 Å². The van der Waals surface area contributed by atoms with E-state index in [0.717, 1.165) is 17.2 Å². The van der Waals surface area contributed by atoms with Crippen LogP contribution in [0.4, 0.5) is 0 Å². The summed E-state index contributed by atoms with van der Waals surface area (Å²) in [5.74, 6) is -0.917. The van der Waals surface area contributed by atoms with E-state index in [1.807, 2.05) is 32.0 Å². The van der Waals surface area contributed by atoms with Gasteiger partial charge in [0.25, 0.3) is 0 Å². The number of carbonyl (C=O) groups is 1. The summed E-state index contributed by atoms with van der Waals surface area (Å²) in [7, 11) is 0. The predicted molar refractivity (Wildman–Crippen MR) is 52.6 cm³/mol. The molecule has 68 valence electrons. The molecule has 13 heavy (non-hydrogen) atoms. The highest BCUT2D eigenvalue weighted by Crippen LogP contribution is 2.11. The predicted octanol–water partition coefficient (Wildman–Crippen LogP) is 2.40. The molecule has 0 aliphatic heterocycles. The molecule has 0 atom stereocenters. The molecule has 0 aromatic heterocycles. The average molecular weight is 176 g/mol. The highest BCUT2D eigenvalue weighted by Gasteiger charge is 1.94. The van der Waals surface area contributed by atoms with Crippen molar-refractivity contribution in [2.24, 2.45) is 0 Å². The van der Waals surface area contributed by atoms with Crippen molar-refractivity contribution in [2.75, 3.05) is 0 Å². The van der Waals surface area contributed by atoms with Crippen LogP contribution >= 0.6 is 0 Å². The zero-order valence-electron chi connectivity index (χ0n) is 7.74. The van der Waals surface area contributed by atoms with Crippen LogP contribution in [-0.4, -0.2) is 11.1 Å². The molecule has 0 bridgehead atoms. The van der Waals surface area contributed by atoms with Crippen molar-refractivity contribution in [2.45, 2.75) is 13.8 Å². The maximum absolute atomic E-state index is 10.3. The smallest absolute Gasteiger partial charge is 0.328 e. The van der Waals surface area contributed by atoms with Gasteiger partial charge in [-0.25, -0.2) is 4.79 Å². The third-order valence-electron chi connectivity index (χ3n) is 1.83. The summed E-state index contributed by atoms with van der Waals surface area (Å²) in [6.45, 7) is 3.98. The van der Waals surface area contributed by atoms with Crippen molar-refractivity contribution >= 4 is 12.0 Å². The maximum Gasteiger partial charge on any atom is 0.328 e. The lowest BCUT2D eigenvalue weighted by molar-refractivity contribution is -0.131. The van der Waals surface area contributed by atoms with Crippen molar-refractivity contribution in [3.05, 3.63) is 41.0 Å². The van der Waals surface area contributed by atoms with Gasteiger partial charge in [0.1, 0.15) is 0 Å². The van der Waals surface area contributed by atoms with Crippen LogP contribution < -0.4 is 0 Å². The van der Waals surface area contributed by atoms with Crippen LogP contribution in [0.15, 0.2) is 24.3 Å². The van der Waals surface area contributed by atoms with Crippen LogP contribution in [0.3, 0.4) is 0 Å². The highest BCUT2D eigenvalue weighted by molar-refractivity contribution is 5.85. The van der Waals surface area contributed by atoms with Crippen LogP contribution in [0.1, 0.15) is 16.7 Å². The highest BCUT2D eigenvalue weighted by atomic mass is 16.4. The molecule has 1 N–H and O–H groups in total. The van der Waals surface area contributed by atoms with Gasteiger partial charge in [0.2, 0.25) is 0 Å². The van der Waals surface area contributed by atoms with E-state index in [9.17, 15) is 4.79 Å². The topological polar surface area (TPSA) is 37.3 Å². The van der Waals surface area contributed by atoms with Gasteiger partial charge >= 0.3 is 5.97 Å². The first-order valence-electron chi connectivity index (χ1n) is 4.08. The lowest BCUT2D eigenvalue weighted by Gasteiger charge is -2.00. The normalized spacial score (nSPS) is 10.6. The van der Waals surface area contributed by atoms with Crippen molar-refractivity contribution in [1.29, 1.82) is 0 Å². The fourth-order valence-electron chi connectivity index (χ4n) is 1.17. The standard InChI is InChI=1S/C11H12O2/c1-8-3-4-10(9(2)7-8)5-6-11(12)13/h3-7H,1-2H3,(H,12,13).